The summed E-state index contributed by atoms with van der Waals surface area (Å²) in [6.45, 7) is 12.7. The standard InChI is InChI=1S/C26H32N2O2S2/c1-25(2,3)16-12-13-18-19(14-16)32-22-21(18)23(30)28(17-10-8-7-9-11-17)24(27-22)31-15-20(29)26(4,5)6/h7-11,16H,12-15H2,1-6H3/t16-/m1/s1. The van der Waals surface area contributed by atoms with Crippen molar-refractivity contribution in [2.24, 2.45) is 16.7 Å². The van der Waals surface area contributed by atoms with Crippen LogP contribution in [0.25, 0.3) is 15.9 Å². The highest BCUT2D eigenvalue weighted by Gasteiger charge is 2.32. The Kier molecular flexibility index (Phi) is 6.14. The Morgan fingerprint density at radius 2 is 1.84 bits per heavy atom. The van der Waals surface area contributed by atoms with E-state index >= 15 is 0 Å². The topological polar surface area (TPSA) is 52.0 Å². The highest BCUT2D eigenvalue weighted by atomic mass is 32.2. The van der Waals surface area contributed by atoms with Gasteiger partial charge in [0.15, 0.2) is 5.16 Å². The molecule has 0 N–H and O–H groups in total. The lowest BCUT2D eigenvalue weighted by atomic mass is 9.72. The summed E-state index contributed by atoms with van der Waals surface area (Å²) in [4.78, 5) is 33.5. The molecule has 2 heterocycles. The molecule has 170 valence electrons. The van der Waals surface area contributed by atoms with Gasteiger partial charge >= 0.3 is 0 Å². The number of Topliss-reactive ketones (excluding diaryl/α,β-unsaturated/α-hetero) is 1. The van der Waals surface area contributed by atoms with Gasteiger partial charge in [0, 0.05) is 10.3 Å². The lowest BCUT2D eigenvalue weighted by Crippen LogP contribution is -2.27. The number of thioether (sulfide) groups is 1. The summed E-state index contributed by atoms with van der Waals surface area (Å²) >= 11 is 3.03. The number of rotatable bonds is 4. The number of benzene rings is 1. The SMILES string of the molecule is CC(C)(C)C(=O)CSc1nc2sc3c(c2c(=O)n1-c1ccccc1)CC[C@@H](C(C)(C)C)C3. The monoisotopic (exact) mass is 468 g/mol. The van der Waals surface area contributed by atoms with Crippen molar-refractivity contribution in [3.05, 3.63) is 51.1 Å². The first kappa shape index (κ1) is 23.2. The van der Waals surface area contributed by atoms with Crippen LogP contribution in [0.2, 0.25) is 0 Å². The number of carbonyl (C=O) groups is 1. The molecule has 0 fully saturated rings. The van der Waals surface area contributed by atoms with Crippen LogP contribution < -0.4 is 5.56 Å². The second-order valence-corrected chi connectivity index (χ2v) is 12.8. The summed E-state index contributed by atoms with van der Waals surface area (Å²) in [6, 6.07) is 9.66. The molecule has 1 atom stereocenters. The van der Waals surface area contributed by atoms with Crippen molar-refractivity contribution in [2.45, 2.75) is 66.0 Å². The number of ketones is 1. The van der Waals surface area contributed by atoms with E-state index in [2.05, 4.69) is 20.8 Å². The molecule has 0 unspecified atom stereocenters. The van der Waals surface area contributed by atoms with Crippen LogP contribution in [0.15, 0.2) is 40.3 Å². The maximum absolute atomic E-state index is 13.8. The molecule has 0 aliphatic heterocycles. The fourth-order valence-electron chi connectivity index (χ4n) is 4.19. The molecule has 0 radical (unpaired) electrons. The van der Waals surface area contributed by atoms with Crippen molar-refractivity contribution in [1.82, 2.24) is 9.55 Å². The van der Waals surface area contributed by atoms with Crippen LogP contribution >= 0.6 is 23.1 Å². The number of nitrogens with zero attached hydrogens (tertiary/aromatic N) is 2. The Labute approximate surface area is 198 Å². The summed E-state index contributed by atoms with van der Waals surface area (Å²) in [5, 5.41) is 1.37. The zero-order chi connectivity index (χ0) is 23.3. The van der Waals surface area contributed by atoms with Gasteiger partial charge in [-0.3, -0.25) is 14.2 Å². The molecule has 0 saturated carbocycles. The van der Waals surface area contributed by atoms with Crippen LogP contribution in [0.5, 0.6) is 0 Å². The first-order chi connectivity index (χ1) is 15.0. The van der Waals surface area contributed by atoms with E-state index in [-0.39, 0.29) is 16.8 Å². The predicted molar refractivity (Wildman–Crippen MR) is 135 cm³/mol. The summed E-state index contributed by atoms with van der Waals surface area (Å²) in [7, 11) is 0. The maximum Gasteiger partial charge on any atom is 0.267 e. The smallest absolute Gasteiger partial charge is 0.267 e. The van der Waals surface area contributed by atoms with E-state index in [1.54, 1.807) is 15.9 Å². The van der Waals surface area contributed by atoms with Crippen molar-refractivity contribution in [3.63, 3.8) is 0 Å². The zero-order valence-electron chi connectivity index (χ0n) is 19.8. The molecule has 1 aromatic carbocycles. The van der Waals surface area contributed by atoms with E-state index in [0.29, 0.717) is 16.8 Å². The van der Waals surface area contributed by atoms with E-state index < -0.39 is 5.41 Å². The number of aryl methyl sites for hydroxylation is 1. The first-order valence-electron chi connectivity index (χ1n) is 11.3. The number of fused-ring (bicyclic) bond motifs is 3. The van der Waals surface area contributed by atoms with E-state index in [1.807, 2.05) is 51.1 Å². The maximum atomic E-state index is 13.8. The molecule has 4 nitrogen and oxygen atoms in total. The third-order valence-electron chi connectivity index (χ3n) is 6.46. The van der Waals surface area contributed by atoms with Gasteiger partial charge in [0.25, 0.3) is 5.56 Å². The normalized spacial score (nSPS) is 16.9. The number of hydrogen-bond donors (Lipinski definition) is 0. The van der Waals surface area contributed by atoms with Crippen LogP contribution in [0.3, 0.4) is 0 Å². The van der Waals surface area contributed by atoms with Gasteiger partial charge in [0.2, 0.25) is 0 Å². The lowest BCUT2D eigenvalue weighted by molar-refractivity contribution is -0.123. The molecule has 1 aliphatic rings. The van der Waals surface area contributed by atoms with Gasteiger partial charge in [0.05, 0.1) is 16.8 Å². The Morgan fingerprint density at radius 1 is 1.16 bits per heavy atom. The number of thiophene rings is 1. The van der Waals surface area contributed by atoms with Crippen molar-refractivity contribution < 1.29 is 4.79 Å². The summed E-state index contributed by atoms with van der Waals surface area (Å²) in [5.41, 5.74) is 1.80. The second kappa shape index (κ2) is 8.45. The largest absolute Gasteiger partial charge is 0.298 e. The average molecular weight is 469 g/mol. The zero-order valence-corrected chi connectivity index (χ0v) is 21.5. The predicted octanol–water partition coefficient (Wildman–Crippen LogP) is 6.31. The molecule has 4 rings (SSSR count). The average Bonchev–Trinajstić information content (AvgIpc) is 3.09. The van der Waals surface area contributed by atoms with Crippen LogP contribution in [0.1, 0.15) is 58.4 Å². The summed E-state index contributed by atoms with van der Waals surface area (Å²) in [5.74, 6) is 1.05. The fourth-order valence-corrected chi connectivity index (χ4v) is 6.71. The van der Waals surface area contributed by atoms with E-state index in [1.165, 1.54) is 22.2 Å². The van der Waals surface area contributed by atoms with Crippen molar-refractivity contribution in [3.8, 4) is 5.69 Å². The minimum atomic E-state index is -0.418. The molecular formula is C26H32N2O2S2. The molecule has 6 heteroatoms. The molecule has 32 heavy (non-hydrogen) atoms. The molecule has 0 spiro atoms. The van der Waals surface area contributed by atoms with Crippen molar-refractivity contribution in [1.29, 1.82) is 0 Å². The third kappa shape index (κ3) is 4.44. The summed E-state index contributed by atoms with van der Waals surface area (Å²) < 4.78 is 1.70. The minimum absolute atomic E-state index is 0.0152. The van der Waals surface area contributed by atoms with E-state index in [4.69, 9.17) is 4.98 Å². The Hall–Kier alpha value is -1.92. The van der Waals surface area contributed by atoms with Gasteiger partial charge in [-0.25, -0.2) is 4.98 Å². The highest BCUT2D eigenvalue weighted by Crippen LogP contribution is 2.42. The Morgan fingerprint density at radius 3 is 2.47 bits per heavy atom. The lowest BCUT2D eigenvalue weighted by Gasteiger charge is -2.33. The first-order valence-corrected chi connectivity index (χ1v) is 13.1. The number of hydrogen-bond acceptors (Lipinski definition) is 5. The molecule has 0 amide bonds. The van der Waals surface area contributed by atoms with Gasteiger partial charge in [-0.15, -0.1) is 11.3 Å². The number of para-hydroxylation sites is 1. The molecular weight excluding hydrogens is 436 g/mol. The fraction of sp³-hybridized carbons (Fsp3) is 0.500. The Balaban J connectivity index is 1.84. The van der Waals surface area contributed by atoms with Gasteiger partial charge in [-0.05, 0) is 48.3 Å². The van der Waals surface area contributed by atoms with Crippen LogP contribution in [0, 0.1) is 16.7 Å². The minimum Gasteiger partial charge on any atom is -0.298 e. The molecule has 3 aromatic rings. The van der Waals surface area contributed by atoms with Gasteiger partial charge in [-0.1, -0.05) is 71.5 Å². The molecule has 1 aliphatic carbocycles. The van der Waals surface area contributed by atoms with Crippen molar-refractivity contribution >= 4 is 39.1 Å². The molecule has 0 saturated heterocycles. The molecule has 2 aromatic heterocycles. The highest BCUT2D eigenvalue weighted by molar-refractivity contribution is 7.99. The van der Waals surface area contributed by atoms with Gasteiger partial charge in [-0.2, -0.15) is 0 Å². The Bertz CT molecular complexity index is 1210. The second-order valence-electron chi connectivity index (χ2n) is 10.8. The quantitative estimate of drug-likeness (QED) is 0.333. The molecule has 0 bridgehead atoms. The van der Waals surface area contributed by atoms with Crippen LogP contribution in [-0.2, 0) is 17.6 Å². The van der Waals surface area contributed by atoms with Crippen LogP contribution in [-0.4, -0.2) is 21.1 Å². The van der Waals surface area contributed by atoms with E-state index in [9.17, 15) is 9.59 Å². The third-order valence-corrected chi connectivity index (χ3v) is 8.55. The number of carbonyl (C=O) groups excluding carboxylic acids is 1. The van der Waals surface area contributed by atoms with E-state index in [0.717, 1.165) is 35.2 Å². The van der Waals surface area contributed by atoms with Gasteiger partial charge in [0.1, 0.15) is 10.6 Å². The van der Waals surface area contributed by atoms with Gasteiger partial charge < -0.3 is 0 Å². The van der Waals surface area contributed by atoms with Crippen molar-refractivity contribution in [2.75, 3.05) is 5.75 Å². The number of aromatic nitrogens is 2. The van der Waals surface area contributed by atoms with Crippen LogP contribution in [0.4, 0.5) is 0 Å². The summed E-state index contributed by atoms with van der Waals surface area (Å²) in [6.07, 6.45) is 3.04.